The highest BCUT2D eigenvalue weighted by molar-refractivity contribution is 7.94. The van der Waals surface area contributed by atoms with Gasteiger partial charge in [0.15, 0.2) is 0 Å². The van der Waals surface area contributed by atoms with Gasteiger partial charge < -0.3 is 10.6 Å². The van der Waals surface area contributed by atoms with Gasteiger partial charge in [0.1, 0.15) is 0 Å². The number of carbonyl (C=O) groups is 1. The molecule has 0 unspecified atom stereocenters. The molecule has 30 heavy (non-hydrogen) atoms. The minimum atomic E-state index is -3.90. The summed E-state index contributed by atoms with van der Waals surface area (Å²) >= 11 is 0.811. The molecule has 3 N–H and O–H groups in total. The number of sulfonamides is 1. The molecular formula is C20H29N5O3S2. The fraction of sp³-hybridized carbons (Fsp3) is 0.550. The van der Waals surface area contributed by atoms with E-state index in [0.717, 1.165) is 29.2 Å². The van der Waals surface area contributed by atoms with Gasteiger partial charge in [-0.2, -0.15) is 8.42 Å². The first-order chi connectivity index (χ1) is 14.3. The van der Waals surface area contributed by atoms with Crippen molar-refractivity contribution in [2.75, 3.05) is 10.0 Å². The Morgan fingerprint density at radius 3 is 2.67 bits per heavy atom. The summed E-state index contributed by atoms with van der Waals surface area (Å²) in [5.41, 5.74) is 1.37. The van der Waals surface area contributed by atoms with Crippen LogP contribution in [0.4, 0.5) is 10.8 Å². The molecule has 1 amide bonds. The Morgan fingerprint density at radius 2 is 1.93 bits per heavy atom. The number of nitrogens with one attached hydrogen (secondary N) is 3. The SMILES string of the molecule is CC(=O)Nc1nnc(S(=O)(=O)Nc2ccccc2CN[C@@H](C)CC2CCCCC2)s1. The van der Waals surface area contributed by atoms with Crippen LogP contribution in [0.15, 0.2) is 28.6 Å². The molecule has 1 heterocycles. The molecule has 164 valence electrons. The third kappa shape index (κ3) is 6.48. The van der Waals surface area contributed by atoms with Crippen LogP contribution in [0.25, 0.3) is 0 Å². The van der Waals surface area contributed by atoms with Gasteiger partial charge >= 0.3 is 0 Å². The van der Waals surface area contributed by atoms with E-state index in [1.54, 1.807) is 12.1 Å². The van der Waals surface area contributed by atoms with Crippen molar-refractivity contribution in [1.29, 1.82) is 0 Å². The Kier molecular flexibility index (Phi) is 7.79. The molecule has 0 saturated heterocycles. The molecular weight excluding hydrogens is 422 g/mol. The van der Waals surface area contributed by atoms with Crippen molar-refractivity contribution in [3.63, 3.8) is 0 Å². The number of rotatable bonds is 9. The minimum absolute atomic E-state index is 0.148. The number of anilines is 2. The predicted molar refractivity (Wildman–Crippen MR) is 119 cm³/mol. The third-order valence-electron chi connectivity index (χ3n) is 5.23. The summed E-state index contributed by atoms with van der Waals surface area (Å²) in [6.07, 6.45) is 7.78. The van der Waals surface area contributed by atoms with E-state index in [0.29, 0.717) is 18.3 Å². The van der Waals surface area contributed by atoms with Crippen LogP contribution in [0.1, 0.15) is 57.9 Å². The summed E-state index contributed by atoms with van der Waals surface area (Å²) in [4.78, 5) is 11.1. The molecule has 1 aliphatic rings. The second kappa shape index (κ2) is 10.3. The molecule has 0 bridgehead atoms. The summed E-state index contributed by atoms with van der Waals surface area (Å²) in [5, 5.41) is 13.5. The fourth-order valence-electron chi connectivity index (χ4n) is 3.77. The van der Waals surface area contributed by atoms with E-state index in [2.05, 4.69) is 32.5 Å². The van der Waals surface area contributed by atoms with Crippen LogP contribution >= 0.6 is 11.3 Å². The number of para-hydroxylation sites is 1. The normalized spacial score (nSPS) is 16.2. The zero-order chi connectivity index (χ0) is 21.6. The summed E-state index contributed by atoms with van der Waals surface area (Å²) in [5.74, 6) is 0.451. The Morgan fingerprint density at radius 1 is 1.20 bits per heavy atom. The van der Waals surface area contributed by atoms with Gasteiger partial charge in [-0.05, 0) is 30.9 Å². The maximum atomic E-state index is 12.7. The Bertz CT molecular complexity index is 955. The summed E-state index contributed by atoms with van der Waals surface area (Å²) in [7, 11) is -3.90. The number of amides is 1. The average molecular weight is 452 g/mol. The quantitative estimate of drug-likeness (QED) is 0.501. The van der Waals surface area contributed by atoms with E-state index in [4.69, 9.17) is 0 Å². The second-order valence-corrected chi connectivity index (χ2v) is 10.7. The van der Waals surface area contributed by atoms with Crippen molar-refractivity contribution in [2.45, 2.75) is 69.3 Å². The lowest BCUT2D eigenvalue weighted by atomic mass is 9.85. The van der Waals surface area contributed by atoms with Gasteiger partial charge in [0.2, 0.25) is 11.0 Å². The van der Waals surface area contributed by atoms with E-state index >= 15 is 0 Å². The van der Waals surface area contributed by atoms with Gasteiger partial charge in [-0.25, -0.2) is 0 Å². The zero-order valence-corrected chi connectivity index (χ0v) is 19.0. The van der Waals surface area contributed by atoms with E-state index in [-0.39, 0.29) is 15.4 Å². The average Bonchev–Trinajstić information content (AvgIpc) is 3.17. The fourth-order valence-corrected chi connectivity index (χ4v) is 5.82. The molecule has 0 radical (unpaired) electrons. The molecule has 1 aromatic carbocycles. The van der Waals surface area contributed by atoms with Crippen LogP contribution in [-0.4, -0.2) is 30.6 Å². The maximum absolute atomic E-state index is 12.7. The molecule has 10 heteroatoms. The van der Waals surface area contributed by atoms with Crippen LogP contribution in [0, 0.1) is 5.92 Å². The highest BCUT2D eigenvalue weighted by atomic mass is 32.2. The number of carbonyl (C=O) groups excluding carboxylic acids is 1. The van der Waals surface area contributed by atoms with E-state index in [1.807, 2.05) is 12.1 Å². The maximum Gasteiger partial charge on any atom is 0.291 e. The molecule has 1 atom stereocenters. The largest absolute Gasteiger partial charge is 0.310 e. The topological polar surface area (TPSA) is 113 Å². The highest BCUT2D eigenvalue weighted by Crippen LogP contribution is 2.28. The standard InChI is InChI=1S/C20H29N5O3S2/c1-14(12-16-8-4-3-5-9-16)21-13-17-10-6-7-11-18(17)25-30(27,28)20-24-23-19(29-20)22-15(2)26/h6-7,10-11,14,16,21,25H,3-5,8-9,12-13H2,1-2H3,(H,22,23,26)/t14-/m0/s1. The summed E-state index contributed by atoms with van der Waals surface area (Å²) in [6.45, 7) is 4.08. The zero-order valence-electron chi connectivity index (χ0n) is 17.3. The van der Waals surface area contributed by atoms with E-state index < -0.39 is 10.0 Å². The molecule has 0 aliphatic heterocycles. The van der Waals surface area contributed by atoms with Crippen LogP contribution in [0.5, 0.6) is 0 Å². The number of hydrogen-bond donors (Lipinski definition) is 3. The molecule has 8 nitrogen and oxygen atoms in total. The van der Waals surface area contributed by atoms with Crippen molar-refractivity contribution < 1.29 is 13.2 Å². The molecule has 0 spiro atoms. The number of hydrogen-bond acceptors (Lipinski definition) is 7. The molecule has 2 aromatic rings. The second-order valence-electron chi connectivity index (χ2n) is 7.84. The van der Waals surface area contributed by atoms with Gasteiger partial charge in [0, 0.05) is 19.5 Å². The summed E-state index contributed by atoms with van der Waals surface area (Å²) < 4.78 is 27.8. The molecule has 1 fully saturated rings. The predicted octanol–water partition coefficient (Wildman–Crippen LogP) is 3.75. The van der Waals surface area contributed by atoms with Crippen molar-refractivity contribution in [3.8, 4) is 0 Å². The van der Waals surface area contributed by atoms with Crippen molar-refractivity contribution in [1.82, 2.24) is 15.5 Å². The van der Waals surface area contributed by atoms with Gasteiger partial charge in [-0.3, -0.25) is 9.52 Å². The molecule has 3 rings (SSSR count). The van der Waals surface area contributed by atoms with Gasteiger partial charge in [-0.1, -0.05) is 61.6 Å². The van der Waals surface area contributed by atoms with Crippen LogP contribution in [-0.2, 0) is 21.4 Å². The van der Waals surface area contributed by atoms with Gasteiger partial charge in [0.05, 0.1) is 5.69 Å². The first-order valence-corrected chi connectivity index (χ1v) is 12.6. The lowest BCUT2D eigenvalue weighted by Crippen LogP contribution is -2.29. The first-order valence-electron chi connectivity index (χ1n) is 10.3. The van der Waals surface area contributed by atoms with Crippen LogP contribution in [0.2, 0.25) is 0 Å². The molecule has 1 aromatic heterocycles. The third-order valence-corrected chi connectivity index (χ3v) is 7.81. The number of nitrogens with zero attached hydrogens (tertiary/aromatic N) is 2. The Labute approximate surface area is 181 Å². The number of benzene rings is 1. The van der Waals surface area contributed by atoms with Crippen LogP contribution < -0.4 is 15.4 Å². The van der Waals surface area contributed by atoms with Crippen molar-refractivity contribution in [2.24, 2.45) is 5.92 Å². The van der Waals surface area contributed by atoms with E-state index in [9.17, 15) is 13.2 Å². The summed E-state index contributed by atoms with van der Waals surface area (Å²) in [6, 6.07) is 7.67. The highest BCUT2D eigenvalue weighted by Gasteiger charge is 2.22. The lowest BCUT2D eigenvalue weighted by molar-refractivity contribution is -0.114. The van der Waals surface area contributed by atoms with E-state index in [1.165, 1.54) is 39.0 Å². The Balaban J connectivity index is 1.62. The Hall–Kier alpha value is -2.04. The van der Waals surface area contributed by atoms with Crippen LogP contribution in [0.3, 0.4) is 0 Å². The molecule has 1 aliphatic carbocycles. The number of aromatic nitrogens is 2. The lowest BCUT2D eigenvalue weighted by Gasteiger charge is -2.25. The van der Waals surface area contributed by atoms with Gasteiger partial charge in [0.25, 0.3) is 14.4 Å². The molecule has 1 saturated carbocycles. The monoisotopic (exact) mass is 451 g/mol. The minimum Gasteiger partial charge on any atom is -0.310 e. The van der Waals surface area contributed by atoms with Crippen molar-refractivity contribution >= 4 is 38.1 Å². The first kappa shape index (κ1) is 22.6. The smallest absolute Gasteiger partial charge is 0.291 e. The van der Waals surface area contributed by atoms with Gasteiger partial charge in [-0.15, -0.1) is 10.2 Å². The van der Waals surface area contributed by atoms with Crippen molar-refractivity contribution in [3.05, 3.63) is 29.8 Å².